The highest BCUT2D eigenvalue weighted by molar-refractivity contribution is 7.92. The van der Waals surface area contributed by atoms with Crippen LogP contribution in [0.2, 0.25) is 0 Å². The fraction of sp³-hybridized carbons (Fsp3) is 0.316. The number of nitrogens with zero attached hydrogens (tertiary/aromatic N) is 2. The first-order valence-corrected chi connectivity index (χ1v) is 17.7. The first-order valence-electron chi connectivity index (χ1n) is 16.3. The molecule has 1 N–H and O–H groups in total. The average molecular weight is 672 g/mol. The van der Waals surface area contributed by atoms with E-state index in [9.17, 15) is 22.4 Å². The van der Waals surface area contributed by atoms with E-state index in [-0.39, 0.29) is 35.5 Å². The number of carbonyl (C=O) groups excluding carboxylic acids is 2. The molecule has 4 aromatic carbocycles. The van der Waals surface area contributed by atoms with E-state index in [1.54, 1.807) is 0 Å². The second-order valence-corrected chi connectivity index (χ2v) is 14.1. The van der Waals surface area contributed by atoms with Crippen LogP contribution in [0.4, 0.5) is 10.1 Å². The zero-order valence-electron chi connectivity index (χ0n) is 27.3. The van der Waals surface area contributed by atoms with Crippen LogP contribution in [0, 0.1) is 12.7 Å². The topological polar surface area (TPSA) is 96.0 Å². The van der Waals surface area contributed by atoms with Crippen molar-refractivity contribution in [3.8, 4) is 5.75 Å². The van der Waals surface area contributed by atoms with Crippen LogP contribution < -0.4 is 14.4 Å². The number of carbonyl (C=O) groups is 2. The van der Waals surface area contributed by atoms with E-state index >= 15 is 0 Å². The summed E-state index contributed by atoms with van der Waals surface area (Å²) in [6.07, 6.45) is 5.15. The summed E-state index contributed by atoms with van der Waals surface area (Å²) in [4.78, 5) is 30.3. The molecule has 0 saturated heterocycles. The van der Waals surface area contributed by atoms with Gasteiger partial charge in [-0.2, -0.15) is 0 Å². The van der Waals surface area contributed by atoms with Crippen LogP contribution in [0.25, 0.3) is 0 Å². The maximum absolute atomic E-state index is 14.6. The highest BCUT2D eigenvalue weighted by Gasteiger charge is 2.35. The van der Waals surface area contributed by atoms with Gasteiger partial charge in [-0.1, -0.05) is 79.4 Å². The third-order valence-electron chi connectivity index (χ3n) is 8.70. The van der Waals surface area contributed by atoms with Gasteiger partial charge >= 0.3 is 0 Å². The van der Waals surface area contributed by atoms with Gasteiger partial charge in [0.1, 0.15) is 24.2 Å². The number of ether oxygens (including phenoxy) is 1. The Kier molecular flexibility index (Phi) is 11.5. The number of methoxy groups -OCH3 is 1. The Labute approximate surface area is 282 Å². The third-order valence-corrected chi connectivity index (χ3v) is 10.5. The number of amides is 2. The van der Waals surface area contributed by atoms with Crippen molar-refractivity contribution in [2.75, 3.05) is 18.0 Å². The molecule has 0 heterocycles. The maximum atomic E-state index is 14.6. The molecule has 1 atom stereocenters. The van der Waals surface area contributed by atoms with Gasteiger partial charge in [0.25, 0.3) is 10.0 Å². The number of sulfonamides is 1. The number of hydrogen-bond donors (Lipinski definition) is 1. The molecule has 8 nitrogen and oxygen atoms in total. The molecule has 0 spiro atoms. The number of halogens is 1. The van der Waals surface area contributed by atoms with E-state index in [2.05, 4.69) is 5.32 Å². The third kappa shape index (κ3) is 8.80. The van der Waals surface area contributed by atoms with Gasteiger partial charge in [0.15, 0.2) is 0 Å². The van der Waals surface area contributed by atoms with Crippen LogP contribution in [0.1, 0.15) is 48.8 Å². The second-order valence-electron chi connectivity index (χ2n) is 12.2. The summed E-state index contributed by atoms with van der Waals surface area (Å²) in [6, 6.07) is 27.0. The van der Waals surface area contributed by atoms with Gasteiger partial charge in [0.05, 0.1) is 17.7 Å². The van der Waals surface area contributed by atoms with Crippen molar-refractivity contribution >= 4 is 27.5 Å². The van der Waals surface area contributed by atoms with Gasteiger partial charge in [0, 0.05) is 19.0 Å². The van der Waals surface area contributed by atoms with Crippen LogP contribution in [0.15, 0.2) is 108 Å². The molecule has 0 bridgehead atoms. The summed E-state index contributed by atoms with van der Waals surface area (Å²) < 4.78 is 48.5. The Balaban J connectivity index is 1.56. The molecule has 1 aliphatic carbocycles. The predicted octanol–water partition coefficient (Wildman–Crippen LogP) is 6.43. The summed E-state index contributed by atoms with van der Waals surface area (Å²) in [5, 5.41) is 3.21. The van der Waals surface area contributed by atoms with E-state index in [1.807, 2.05) is 61.5 Å². The molecular formula is C38H42FN3O5S. The summed E-state index contributed by atoms with van der Waals surface area (Å²) in [5.74, 6) is -0.929. The highest BCUT2D eigenvalue weighted by atomic mass is 32.2. The maximum Gasteiger partial charge on any atom is 0.264 e. The molecule has 4 aromatic rings. The van der Waals surface area contributed by atoms with Crippen molar-refractivity contribution in [3.63, 3.8) is 0 Å². The molecule has 1 aliphatic rings. The van der Waals surface area contributed by atoms with Crippen molar-refractivity contribution in [2.45, 2.75) is 69.0 Å². The molecule has 1 fully saturated rings. The van der Waals surface area contributed by atoms with Gasteiger partial charge in [-0.25, -0.2) is 12.8 Å². The summed E-state index contributed by atoms with van der Waals surface area (Å²) in [6.45, 7) is 1.41. The number of aryl methyl sites for hydroxylation is 1. The molecule has 10 heteroatoms. The van der Waals surface area contributed by atoms with Crippen LogP contribution in [0.5, 0.6) is 5.75 Å². The molecule has 5 rings (SSSR count). The van der Waals surface area contributed by atoms with Gasteiger partial charge in [-0.05, 0) is 79.4 Å². The normalized spacial score (nSPS) is 14.1. The minimum atomic E-state index is -4.32. The lowest BCUT2D eigenvalue weighted by molar-refractivity contribution is -0.140. The summed E-state index contributed by atoms with van der Waals surface area (Å²) in [5.41, 5.74) is 2.77. The number of nitrogens with one attached hydrogen (secondary N) is 1. The van der Waals surface area contributed by atoms with E-state index in [0.717, 1.165) is 65.2 Å². The smallest absolute Gasteiger partial charge is 0.264 e. The average Bonchev–Trinajstić information content (AvgIpc) is 3.10. The highest BCUT2D eigenvalue weighted by Crippen LogP contribution is 2.27. The molecule has 2 amide bonds. The minimum Gasteiger partial charge on any atom is -0.497 e. The first kappa shape index (κ1) is 34.6. The molecule has 1 unspecified atom stereocenters. The Bertz CT molecular complexity index is 1780. The quantitative estimate of drug-likeness (QED) is 0.177. The van der Waals surface area contributed by atoms with E-state index in [4.69, 9.17) is 4.74 Å². The van der Waals surface area contributed by atoms with E-state index in [1.165, 1.54) is 48.4 Å². The second kappa shape index (κ2) is 15.9. The fourth-order valence-corrected chi connectivity index (χ4v) is 7.53. The lowest BCUT2D eigenvalue weighted by atomic mass is 9.94. The monoisotopic (exact) mass is 671 g/mol. The minimum absolute atomic E-state index is 0.00612. The number of hydrogen-bond acceptors (Lipinski definition) is 5. The van der Waals surface area contributed by atoms with Crippen LogP contribution in [-0.2, 0) is 32.6 Å². The standard InChI is InChI=1S/C38H42FN3O5S/c1-28-10-9-13-30(24-28)26-41(36(25-29-11-5-3-6-12-29)38(44)40-32-14-7-4-8-15-32)37(43)27-42(33-18-16-31(39)17-19-33)48(45,46)35-22-20-34(47-2)21-23-35/h3,5-6,9-13,16-24,32,36H,4,7-8,14-15,25-27H2,1-2H3,(H,40,44). The molecule has 1 saturated carbocycles. The fourth-order valence-electron chi connectivity index (χ4n) is 6.12. The van der Waals surface area contributed by atoms with Gasteiger partial charge in [-0.3, -0.25) is 13.9 Å². The van der Waals surface area contributed by atoms with Gasteiger partial charge in [-0.15, -0.1) is 0 Å². The zero-order valence-corrected chi connectivity index (χ0v) is 28.2. The van der Waals surface area contributed by atoms with Crippen molar-refractivity contribution in [1.82, 2.24) is 10.2 Å². The van der Waals surface area contributed by atoms with Gasteiger partial charge < -0.3 is 15.0 Å². The molecule has 0 aromatic heterocycles. The van der Waals surface area contributed by atoms with Crippen LogP contribution >= 0.6 is 0 Å². The van der Waals surface area contributed by atoms with E-state index < -0.39 is 34.3 Å². The number of anilines is 1. The first-order chi connectivity index (χ1) is 23.1. The largest absolute Gasteiger partial charge is 0.497 e. The van der Waals surface area contributed by atoms with E-state index in [0.29, 0.717) is 5.75 Å². The summed E-state index contributed by atoms with van der Waals surface area (Å²) >= 11 is 0. The lowest BCUT2D eigenvalue weighted by Crippen LogP contribution is -2.55. The Hall–Kier alpha value is -4.70. The Morgan fingerprint density at radius 1 is 0.875 bits per heavy atom. The van der Waals surface area contributed by atoms with Gasteiger partial charge in [0.2, 0.25) is 11.8 Å². The number of benzene rings is 4. The van der Waals surface area contributed by atoms with Crippen LogP contribution in [0.3, 0.4) is 0 Å². The molecule has 0 radical (unpaired) electrons. The van der Waals surface area contributed by atoms with Crippen molar-refractivity contribution in [1.29, 1.82) is 0 Å². The number of rotatable bonds is 13. The molecule has 48 heavy (non-hydrogen) atoms. The lowest BCUT2D eigenvalue weighted by Gasteiger charge is -2.35. The molecule has 252 valence electrons. The van der Waals surface area contributed by atoms with Crippen molar-refractivity contribution in [2.24, 2.45) is 0 Å². The van der Waals surface area contributed by atoms with Crippen molar-refractivity contribution < 1.29 is 27.1 Å². The SMILES string of the molecule is COc1ccc(S(=O)(=O)N(CC(=O)N(Cc2cccc(C)c2)C(Cc2ccccc2)C(=O)NC2CCCCC2)c2ccc(F)cc2)cc1. The Morgan fingerprint density at radius 3 is 2.19 bits per heavy atom. The predicted molar refractivity (Wildman–Crippen MR) is 185 cm³/mol. The molecule has 0 aliphatic heterocycles. The molecular weight excluding hydrogens is 629 g/mol. The zero-order chi connectivity index (χ0) is 34.1. The van der Waals surface area contributed by atoms with Crippen LogP contribution in [-0.4, -0.2) is 50.9 Å². The van der Waals surface area contributed by atoms with Crippen molar-refractivity contribution in [3.05, 3.63) is 126 Å². The summed E-state index contributed by atoms with van der Waals surface area (Å²) in [7, 11) is -2.84. The Morgan fingerprint density at radius 2 is 1.54 bits per heavy atom.